The molecule has 1 saturated carbocycles. The lowest BCUT2D eigenvalue weighted by Crippen LogP contribution is -2.37. The number of rotatable bonds is 5. The first kappa shape index (κ1) is 16.5. The summed E-state index contributed by atoms with van der Waals surface area (Å²) in [4.78, 5) is 0.355. The van der Waals surface area contributed by atoms with Gasteiger partial charge in [0.2, 0.25) is 10.0 Å². The minimum absolute atomic E-state index is 0.0853. The first-order chi connectivity index (χ1) is 9.92. The third kappa shape index (κ3) is 4.28. The summed E-state index contributed by atoms with van der Waals surface area (Å²) in [5, 5.41) is 3.14. The summed E-state index contributed by atoms with van der Waals surface area (Å²) in [6.07, 6.45) is 4.09. The fraction of sp³-hybridized carbons (Fsp3) is 0.625. The van der Waals surface area contributed by atoms with E-state index in [1.165, 1.54) is 0 Å². The Bertz CT molecular complexity index is 546. The quantitative estimate of drug-likeness (QED) is 0.879. The molecule has 0 heterocycles. The van der Waals surface area contributed by atoms with Gasteiger partial charge in [0.25, 0.3) is 0 Å². The van der Waals surface area contributed by atoms with Crippen LogP contribution in [0.15, 0.2) is 29.2 Å². The number of benzene rings is 1. The molecular weight excluding hydrogens is 284 g/mol. The molecule has 1 aromatic carbocycles. The van der Waals surface area contributed by atoms with Crippen LogP contribution in [0.1, 0.15) is 51.1 Å². The highest BCUT2D eigenvalue weighted by atomic mass is 32.2. The monoisotopic (exact) mass is 310 g/mol. The Labute approximate surface area is 128 Å². The zero-order chi connectivity index (χ0) is 15.5. The van der Waals surface area contributed by atoms with Crippen LogP contribution in [0.5, 0.6) is 0 Å². The van der Waals surface area contributed by atoms with Crippen LogP contribution >= 0.6 is 0 Å². The lowest BCUT2D eigenvalue weighted by atomic mass is 9.88. The summed E-state index contributed by atoms with van der Waals surface area (Å²) < 4.78 is 27.7. The zero-order valence-corrected chi connectivity index (χ0v) is 13.9. The molecule has 1 unspecified atom stereocenters. The second kappa shape index (κ2) is 6.90. The lowest BCUT2D eigenvalue weighted by molar-refractivity contribution is 0.332. The molecule has 1 aliphatic carbocycles. The molecule has 0 aliphatic heterocycles. The van der Waals surface area contributed by atoms with Gasteiger partial charge >= 0.3 is 0 Å². The predicted octanol–water partition coefficient (Wildman–Crippen LogP) is 2.82. The molecule has 0 saturated heterocycles. The van der Waals surface area contributed by atoms with E-state index in [1.807, 2.05) is 26.1 Å². The summed E-state index contributed by atoms with van der Waals surface area (Å²) in [7, 11) is -1.51. The van der Waals surface area contributed by atoms with Gasteiger partial charge in [-0.05, 0) is 63.3 Å². The van der Waals surface area contributed by atoms with Crippen LogP contribution in [0.2, 0.25) is 0 Å². The van der Waals surface area contributed by atoms with E-state index < -0.39 is 10.0 Å². The van der Waals surface area contributed by atoms with Gasteiger partial charge in [0, 0.05) is 12.1 Å². The molecular formula is C16H26N2O2S. The highest BCUT2D eigenvalue weighted by Crippen LogP contribution is 2.25. The van der Waals surface area contributed by atoms with Gasteiger partial charge in [0.15, 0.2) is 0 Å². The van der Waals surface area contributed by atoms with Gasteiger partial charge in [-0.3, -0.25) is 0 Å². The standard InChI is InChI=1S/C16H26N2O2S/c1-12-4-8-15(9-5-12)18-21(19,20)16-10-6-14(7-11-16)13(2)17-3/h6-7,10-13,15,17-18H,4-5,8-9H2,1-3H3. The molecule has 1 atom stereocenters. The van der Waals surface area contributed by atoms with Crippen molar-refractivity contribution < 1.29 is 8.42 Å². The van der Waals surface area contributed by atoms with Crippen molar-refractivity contribution in [2.24, 2.45) is 5.92 Å². The summed E-state index contributed by atoms with van der Waals surface area (Å²) >= 11 is 0. The molecule has 1 fully saturated rings. The topological polar surface area (TPSA) is 58.2 Å². The molecule has 118 valence electrons. The summed E-state index contributed by atoms with van der Waals surface area (Å²) in [5.41, 5.74) is 1.09. The van der Waals surface area contributed by atoms with Crippen molar-refractivity contribution in [1.29, 1.82) is 0 Å². The Hall–Kier alpha value is -0.910. The van der Waals surface area contributed by atoms with Gasteiger partial charge in [-0.1, -0.05) is 19.1 Å². The fourth-order valence-corrected chi connectivity index (χ4v) is 4.07. The Morgan fingerprint density at radius 2 is 1.67 bits per heavy atom. The van der Waals surface area contributed by atoms with Crippen molar-refractivity contribution in [3.63, 3.8) is 0 Å². The Balaban J connectivity index is 2.05. The maximum atomic E-state index is 12.4. The van der Waals surface area contributed by atoms with Crippen LogP contribution in [0, 0.1) is 5.92 Å². The van der Waals surface area contributed by atoms with Crippen molar-refractivity contribution in [2.45, 2.75) is 56.5 Å². The highest BCUT2D eigenvalue weighted by molar-refractivity contribution is 7.89. The van der Waals surface area contributed by atoms with Gasteiger partial charge in [-0.2, -0.15) is 0 Å². The van der Waals surface area contributed by atoms with Gasteiger partial charge < -0.3 is 5.32 Å². The Morgan fingerprint density at radius 3 is 2.19 bits per heavy atom. The van der Waals surface area contributed by atoms with Crippen molar-refractivity contribution in [3.05, 3.63) is 29.8 Å². The molecule has 0 aromatic heterocycles. The van der Waals surface area contributed by atoms with Crippen LogP contribution in [0.4, 0.5) is 0 Å². The van der Waals surface area contributed by atoms with Crippen molar-refractivity contribution in [2.75, 3.05) is 7.05 Å². The third-order valence-electron chi connectivity index (χ3n) is 4.46. The molecule has 2 N–H and O–H groups in total. The SMILES string of the molecule is CNC(C)c1ccc(S(=O)(=O)NC2CCC(C)CC2)cc1. The van der Waals surface area contributed by atoms with Crippen LogP contribution < -0.4 is 10.0 Å². The first-order valence-electron chi connectivity index (χ1n) is 7.72. The Kier molecular flexibility index (Phi) is 5.41. The average Bonchev–Trinajstić information content (AvgIpc) is 2.49. The normalized spacial score (nSPS) is 24.7. The zero-order valence-electron chi connectivity index (χ0n) is 13.1. The van der Waals surface area contributed by atoms with E-state index in [0.717, 1.165) is 31.2 Å². The fourth-order valence-electron chi connectivity index (χ4n) is 2.77. The van der Waals surface area contributed by atoms with E-state index in [1.54, 1.807) is 12.1 Å². The molecule has 0 bridgehead atoms. The minimum atomic E-state index is -3.40. The molecule has 1 aromatic rings. The highest BCUT2D eigenvalue weighted by Gasteiger charge is 2.24. The predicted molar refractivity (Wildman–Crippen MR) is 85.7 cm³/mol. The van der Waals surface area contributed by atoms with E-state index in [4.69, 9.17) is 0 Å². The van der Waals surface area contributed by atoms with E-state index in [2.05, 4.69) is 17.0 Å². The minimum Gasteiger partial charge on any atom is -0.313 e. The summed E-state index contributed by atoms with van der Waals surface area (Å²) in [5.74, 6) is 0.716. The number of nitrogens with one attached hydrogen (secondary N) is 2. The van der Waals surface area contributed by atoms with Gasteiger partial charge in [0.05, 0.1) is 4.90 Å². The molecule has 1 aliphatic rings. The van der Waals surface area contributed by atoms with E-state index in [0.29, 0.717) is 10.8 Å². The van der Waals surface area contributed by atoms with Crippen molar-refractivity contribution >= 4 is 10.0 Å². The molecule has 0 spiro atoms. The van der Waals surface area contributed by atoms with Crippen molar-refractivity contribution in [3.8, 4) is 0 Å². The second-order valence-corrected chi connectivity index (χ2v) is 7.87. The van der Waals surface area contributed by atoms with Crippen LogP contribution in [-0.2, 0) is 10.0 Å². The van der Waals surface area contributed by atoms with E-state index in [-0.39, 0.29) is 12.1 Å². The molecule has 0 radical (unpaired) electrons. The molecule has 0 amide bonds. The molecule has 5 heteroatoms. The van der Waals surface area contributed by atoms with E-state index >= 15 is 0 Å². The van der Waals surface area contributed by atoms with Crippen LogP contribution in [-0.4, -0.2) is 21.5 Å². The molecule has 21 heavy (non-hydrogen) atoms. The average molecular weight is 310 g/mol. The van der Waals surface area contributed by atoms with Gasteiger partial charge in [-0.15, -0.1) is 0 Å². The van der Waals surface area contributed by atoms with Crippen LogP contribution in [0.25, 0.3) is 0 Å². The Morgan fingerprint density at radius 1 is 1.10 bits per heavy atom. The maximum Gasteiger partial charge on any atom is 0.240 e. The summed E-state index contributed by atoms with van der Waals surface area (Å²) in [6.45, 7) is 4.28. The summed E-state index contributed by atoms with van der Waals surface area (Å²) in [6, 6.07) is 7.43. The second-order valence-electron chi connectivity index (χ2n) is 6.16. The van der Waals surface area contributed by atoms with Crippen LogP contribution in [0.3, 0.4) is 0 Å². The number of hydrogen-bond acceptors (Lipinski definition) is 3. The number of sulfonamides is 1. The first-order valence-corrected chi connectivity index (χ1v) is 9.20. The maximum absolute atomic E-state index is 12.4. The van der Waals surface area contributed by atoms with Crippen molar-refractivity contribution in [1.82, 2.24) is 10.0 Å². The lowest BCUT2D eigenvalue weighted by Gasteiger charge is -2.26. The third-order valence-corrected chi connectivity index (χ3v) is 6.00. The molecule has 2 rings (SSSR count). The molecule has 4 nitrogen and oxygen atoms in total. The number of hydrogen-bond donors (Lipinski definition) is 2. The van der Waals surface area contributed by atoms with Gasteiger partial charge in [-0.25, -0.2) is 13.1 Å². The van der Waals surface area contributed by atoms with Gasteiger partial charge in [0.1, 0.15) is 0 Å². The van der Waals surface area contributed by atoms with E-state index in [9.17, 15) is 8.42 Å². The smallest absolute Gasteiger partial charge is 0.240 e. The largest absolute Gasteiger partial charge is 0.313 e.